The first kappa shape index (κ1) is 10.1. The normalized spacial score (nSPS) is 49.7. The molecule has 0 aromatic carbocycles. The SMILES string of the molecule is [2H]C([2H])([2H])[C@H]1C=C2C=C[C@H](C)[C@H](CCC3C[C@@H](O)C([2H])([2H])C(=O)O3)[C@H]2[C@@H](OC(=O)[C@@]([2H])(C([2H])([2H])[2H])C([2H])([2H])C([2H])([2H])[2H])C1. The van der Waals surface area contributed by atoms with Crippen molar-refractivity contribution < 1.29 is 43.4 Å². The fourth-order valence-electron chi connectivity index (χ4n) is 4.49. The van der Waals surface area contributed by atoms with E-state index < -0.39 is 87.2 Å². The van der Waals surface area contributed by atoms with Crippen molar-refractivity contribution in [2.45, 2.75) is 84.2 Å². The number of hydrogen-bond donors (Lipinski definition) is 1. The maximum absolute atomic E-state index is 13.5. The Morgan fingerprint density at radius 2 is 2.38 bits per heavy atom. The molecule has 0 spiro atoms. The van der Waals surface area contributed by atoms with Crippen LogP contribution in [0.2, 0.25) is 0 Å². The van der Waals surface area contributed by atoms with E-state index in [1.165, 1.54) is 6.08 Å². The highest BCUT2D eigenvalue weighted by atomic mass is 16.5. The van der Waals surface area contributed by atoms with E-state index in [4.69, 9.17) is 28.7 Å². The van der Waals surface area contributed by atoms with Crippen LogP contribution in [0, 0.1) is 29.6 Å². The lowest BCUT2D eigenvalue weighted by molar-refractivity contribution is -0.162. The first-order chi connectivity index (χ1) is 19.3. The molecule has 5 heteroatoms. The second-order valence-corrected chi connectivity index (χ2v) is 7.86. The number of esters is 2. The smallest absolute Gasteiger partial charge is 0.308 e. The quantitative estimate of drug-likeness (QED) is 0.655. The summed E-state index contributed by atoms with van der Waals surface area (Å²) in [6.07, 6.45) is -5.48. The molecule has 5 nitrogen and oxygen atoms in total. The average Bonchev–Trinajstić information content (AvgIpc) is 2.84. The molecule has 1 heterocycles. The van der Waals surface area contributed by atoms with Crippen LogP contribution in [0.3, 0.4) is 0 Å². The van der Waals surface area contributed by atoms with Gasteiger partial charge in [-0.1, -0.05) is 45.7 Å². The third kappa shape index (κ3) is 5.30. The zero-order chi connectivity index (χ0) is 33.1. The van der Waals surface area contributed by atoms with Gasteiger partial charge in [-0.25, -0.2) is 0 Å². The van der Waals surface area contributed by atoms with E-state index in [2.05, 4.69) is 0 Å². The summed E-state index contributed by atoms with van der Waals surface area (Å²) in [7, 11) is 0. The van der Waals surface area contributed by atoms with E-state index in [0.29, 0.717) is 5.57 Å². The molecule has 0 saturated carbocycles. The lowest BCUT2D eigenvalue weighted by atomic mass is 9.65. The second kappa shape index (κ2) is 9.46. The van der Waals surface area contributed by atoms with Gasteiger partial charge in [0, 0.05) is 31.5 Å². The van der Waals surface area contributed by atoms with Gasteiger partial charge in [-0.05, 0) is 49.0 Å². The molecule has 1 N–H and O–H groups in total. The number of fused-ring (bicyclic) bond motifs is 1. The molecular formula is C24H36O5. The van der Waals surface area contributed by atoms with Crippen LogP contribution in [0.25, 0.3) is 0 Å². The lowest BCUT2D eigenvalue weighted by Gasteiger charge is -2.43. The monoisotopic (exact) mass is 418 g/mol. The van der Waals surface area contributed by atoms with Crippen LogP contribution in [0.4, 0.5) is 0 Å². The Hall–Kier alpha value is -1.62. The fourth-order valence-corrected chi connectivity index (χ4v) is 4.49. The van der Waals surface area contributed by atoms with Crippen LogP contribution in [-0.4, -0.2) is 35.4 Å². The predicted molar refractivity (Wildman–Crippen MR) is 111 cm³/mol. The van der Waals surface area contributed by atoms with Gasteiger partial charge < -0.3 is 14.6 Å². The van der Waals surface area contributed by atoms with E-state index in [-0.39, 0.29) is 31.6 Å². The van der Waals surface area contributed by atoms with Gasteiger partial charge in [-0.2, -0.15) is 0 Å². The van der Waals surface area contributed by atoms with Crippen LogP contribution in [0.1, 0.15) is 85.1 Å². The summed E-state index contributed by atoms with van der Waals surface area (Å²) in [4.78, 5) is 25.6. The third-order valence-corrected chi connectivity index (χ3v) is 5.85. The third-order valence-electron chi connectivity index (χ3n) is 5.85. The minimum atomic E-state index is -3.89. The summed E-state index contributed by atoms with van der Waals surface area (Å²) in [5, 5.41) is 10.1. The van der Waals surface area contributed by atoms with Crippen LogP contribution in [-0.2, 0) is 19.1 Å². The number of carbonyl (C=O) groups is 2. The van der Waals surface area contributed by atoms with Gasteiger partial charge in [0.15, 0.2) is 0 Å². The Bertz CT molecular complexity index is 1140. The van der Waals surface area contributed by atoms with E-state index in [9.17, 15) is 14.7 Å². The van der Waals surface area contributed by atoms with Crippen LogP contribution in [0.5, 0.6) is 0 Å². The second-order valence-electron chi connectivity index (χ2n) is 7.86. The number of rotatable bonds is 6. The maximum atomic E-state index is 13.5. The van der Waals surface area contributed by atoms with Gasteiger partial charge in [0.2, 0.25) is 0 Å². The molecule has 29 heavy (non-hydrogen) atoms. The largest absolute Gasteiger partial charge is 0.462 e. The van der Waals surface area contributed by atoms with E-state index >= 15 is 0 Å². The summed E-state index contributed by atoms with van der Waals surface area (Å²) >= 11 is 0. The van der Waals surface area contributed by atoms with E-state index in [1.807, 2.05) is 6.92 Å². The number of ether oxygens (including phenoxy) is 2. The van der Waals surface area contributed by atoms with Crippen molar-refractivity contribution in [1.29, 1.82) is 0 Å². The summed E-state index contributed by atoms with van der Waals surface area (Å²) in [5.74, 6) is -9.71. The molecule has 3 rings (SSSR count). The summed E-state index contributed by atoms with van der Waals surface area (Å²) in [6.45, 7) is -8.24. The number of carbonyl (C=O) groups excluding carboxylic acids is 2. The number of hydrogen-bond acceptors (Lipinski definition) is 5. The molecule has 1 fully saturated rings. The van der Waals surface area contributed by atoms with Crippen LogP contribution in [0.15, 0.2) is 23.8 Å². The highest BCUT2D eigenvalue weighted by Gasteiger charge is 2.42. The molecule has 0 aromatic heterocycles. The number of aliphatic hydroxyl groups excluding tert-OH is 1. The highest BCUT2D eigenvalue weighted by molar-refractivity contribution is 5.72. The molecule has 2 aliphatic carbocycles. The fraction of sp³-hybridized carbons (Fsp3) is 0.750. The average molecular weight is 419 g/mol. The summed E-state index contributed by atoms with van der Waals surface area (Å²) in [6, 6.07) is 0. The lowest BCUT2D eigenvalue weighted by Crippen LogP contribution is -2.42. The van der Waals surface area contributed by atoms with Crippen molar-refractivity contribution in [2.75, 3.05) is 0 Å². The van der Waals surface area contributed by atoms with Gasteiger partial charge in [0.25, 0.3) is 0 Å². The maximum Gasteiger partial charge on any atom is 0.308 e. The van der Waals surface area contributed by atoms with Crippen LogP contribution < -0.4 is 0 Å². The molecule has 1 unspecified atom stereocenters. The molecule has 0 bridgehead atoms. The van der Waals surface area contributed by atoms with Gasteiger partial charge >= 0.3 is 11.9 Å². The summed E-state index contributed by atoms with van der Waals surface area (Å²) < 4.78 is 120. The van der Waals surface area contributed by atoms with Crippen molar-refractivity contribution in [1.82, 2.24) is 0 Å². The number of cyclic esters (lactones) is 1. The molecule has 1 aliphatic heterocycles. The molecule has 162 valence electrons. The minimum Gasteiger partial charge on any atom is -0.462 e. The molecule has 3 aliphatic rings. The molecule has 0 amide bonds. The first-order valence-corrected chi connectivity index (χ1v) is 9.77. The van der Waals surface area contributed by atoms with Crippen molar-refractivity contribution >= 4 is 11.9 Å². The van der Waals surface area contributed by atoms with Crippen molar-refractivity contribution in [2.24, 2.45) is 29.6 Å². The Kier molecular flexibility index (Phi) is 3.30. The Morgan fingerprint density at radius 1 is 1.52 bits per heavy atom. The Morgan fingerprint density at radius 3 is 3.10 bits per heavy atom. The van der Waals surface area contributed by atoms with E-state index in [1.54, 1.807) is 12.2 Å². The van der Waals surface area contributed by atoms with Crippen molar-refractivity contribution in [3.63, 3.8) is 0 Å². The standard InChI is InChI=1S/C24H36O5/c1-5-15(3)24(27)29-21-11-14(2)10-17-7-6-16(4)20(23(17)21)9-8-19-12-18(25)13-22(26)28-19/h6-7,10,14-16,18-21,23,25H,5,8-9,11-13H2,1-4H3/t14-,15-,16-,18+,19?,20-,21-,23-/m0/s1/i1D3,2D3,3D3,5D2,13D2,15D. The van der Waals surface area contributed by atoms with Gasteiger partial charge in [0.1, 0.15) is 12.2 Å². The molecular weight excluding hydrogens is 368 g/mol. The Labute approximate surface area is 194 Å². The van der Waals surface area contributed by atoms with Crippen molar-refractivity contribution in [3.8, 4) is 0 Å². The molecule has 0 aromatic rings. The zero-order valence-electron chi connectivity index (χ0n) is 30.2. The van der Waals surface area contributed by atoms with Crippen molar-refractivity contribution in [3.05, 3.63) is 23.8 Å². The number of aliphatic hydroxyl groups is 1. The highest BCUT2D eigenvalue weighted by Crippen LogP contribution is 2.45. The Balaban J connectivity index is 1.99. The molecule has 1 saturated heterocycles. The zero-order valence-corrected chi connectivity index (χ0v) is 16.2. The number of allylic oxidation sites excluding steroid dienone is 3. The molecule has 0 radical (unpaired) electrons. The predicted octanol–water partition coefficient (Wildman–Crippen LogP) is 4.20. The van der Waals surface area contributed by atoms with E-state index in [0.717, 1.165) is 0 Å². The molecule has 8 atom stereocenters. The first-order valence-electron chi connectivity index (χ1n) is 16.8. The van der Waals surface area contributed by atoms with Gasteiger partial charge in [0.05, 0.1) is 18.4 Å². The summed E-state index contributed by atoms with van der Waals surface area (Å²) in [5.41, 5.74) is 0.438. The topological polar surface area (TPSA) is 72.8 Å². The van der Waals surface area contributed by atoms with Crippen LogP contribution >= 0.6 is 0 Å². The minimum absolute atomic E-state index is 0.147. The van der Waals surface area contributed by atoms with Gasteiger partial charge in [-0.15, -0.1) is 0 Å². The van der Waals surface area contributed by atoms with Gasteiger partial charge in [-0.3, -0.25) is 9.59 Å².